The van der Waals surface area contributed by atoms with Crippen LogP contribution in [-0.2, 0) is 22.3 Å². The number of rotatable bonds is 5. The Labute approximate surface area is 176 Å². The number of aromatic nitrogens is 1. The van der Waals surface area contributed by atoms with Crippen LogP contribution in [0.1, 0.15) is 40.1 Å². The summed E-state index contributed by atoms with van der Waals surface area (Å²) in [5.41, 5.74) is 1.44. The Morgan fingerprint density at radius 2 is 1.74 bits per heavy atom. The van der Waals surface area contributed by atoms with E-state index in [2.05, 4.69) is 0 Å². The Bertz CT molecular complexity index is 1120. The first-order valence-corrected chi connectivity index (χ1v) is 9.71. The molecule has 1 aromatic heterocycles. The molecule has 0 N–H and O–H groups in total. The predicted octanol–water partition coefficient (Wildman–Crippen LogP) is 4.82. The van der Waals surface area contributed by atoms with Crippen LogP contribution in [0.2, 0.25) is 0 Å². The Morgan fingerprint density at radius 3 is 2.42 bits per heavy atom. The molecule has 31 heavy (non-hydrogen) atoms. The van der Waals surface area contributed by atoms with Crippen LogP contribution in [-0.4, -0.2) is 23.1 Å². The third kappa shape index (κ3) is 3.81. The second kappa shape index (κ2) is 7.94. The van der Waals surface area contributed by atoms with Gasteiger partial charge < -0.3 is 14.2 Å². The zero-order chi connectivity index (χ0) is 22.2. The number of alkyl halides is 3. The highest BCUT2D eigenvalue weighted by molar-refractivity contribution is 6.05. The van der Waals surface area contributed by atoms with Gasteiger partial charge in [-0.25, -0.2) is 4.79 Å². The number of carbonyl (C=O) groups excluding carboxylic acids is 2. The Balaban J connectivity index is 1.68. The molecule has 4 rings (SSSR count). The van der Waals surface area contributed by atoms with Gasteiger partial charge in [-0.2, -0.15) is 13.2 Å². The summed E-state index contributed by atoms with van der Waals surface area (Å²) in [6, 6.07) is 14.4. The highest BCUT2D eigenvalue weighted by Crippen LogP contribution is 2.40. The van der Waals surface area contributed by atoms with Crippen molar-refractivity contribution >= 4 is 17.6 Å². The van der Waals surface area contributed by atoms with Gasteiger partial charge in [0.25, 0.3) is 5.91 Å². The van der Waals surface area contributed by atoms with Crippen LogP contribution in [0.3, 0.4) is 0 Å². The molecule has 160 valence electrons. The highest BCUT2D eigenvalue weighted by atomic mass is 19.4. The van der Waals surface area contributed by atoms with Crippen molar-refractivity contribution in [3.63, 3.8) is 0 Å². The van der Waals surface area contributed by atoms with Crippen LogP contribution in [0.25, 0.3) is 0 Å². The van der Waals surface area contributed by atoms with Crippen molar-refractivity contribution in [3.8, 4) is 0 Å². The minimum Gasteiger partial charge on any atom is -0.461 e. The molecule has 1 unspecified atom stereocenters. The normalized spacial score (nSPS) is 15.8. The predicted molar refractivity (Wildman–Crippen MR) is 108 cm³/mol. The smallest absolute Gasteiger partial charge is 0.416 e. The van der Waals surface area contributed by atoms with E-state index < -0.39 is 23.8 Å². The van der Waals surface area contributed by atoms with Crippen LogP contribution >= 0.6 is 0 Å². The third-order valence-corrected chi connectivity index (χ3v) is 5.19. The lowest BCUT2D eigenvalue weighted by Crippen LogP contribution is -2.31. The molecule has 0 saturated carbocycles. The van der Waals surface area contributed by atoms with Gasteiger partial charge in [0.2, 0.25) is 0 Å². The molecule has 1 aliphatic rings. The molecular formula is C23H19F3N2O3. The lowest BCUT2D eigenvalue weighted by Gasteiger charge is -2.19. The van der Waals surface area contributed by atoms with Gasteiger partial charge in [0.15, 0.2) is 0 Å². The molecule has 3 aromatic rings. The summed E-state index contributed by atoms with van der Waals surface area (Å²) >= 11 is 0. The molecule has 0 aliphatic carbocycles. The van der Waals surface area contributed by atoms with Crippen LogP contribution in [0, 0.1) is 0 Å². The van der Waals surface area contributed by atoms with Gasteiger partial charge in [0.1, 0.15) is 11.7 Å². The maximum atomic E-state index is 13.4. The first-order chi connectivity index (χ1) is 14.8. The number of amides is 1. The van der Waals surface area contributed by atoms with Crippen molar-refractivity contribution in [2.75, 3.05) is 11.5 Å². The van der Waals surface area contributed by atoms with E-state index in [0.29, 0.717) is 16.8 Å². The Kier molecular flexibility index (Phi) is 5.31. The minimum atomic E-state index is -4.42. The second-order valence-electron chi connectivity index (χ2n) is 7.10. The van der Waals surface area contributed by atoms with Crippen LogP contribution in [0.5, 0.6) is 0 Å². The maximum absolute atomic E-state index is 13.4. The lowest BCUT2D eigenvalue weighted by molar-refractivity contribution is -0.137. The van der Waals surface area contributed by atoms with E-state index in [4.69, 9.17) is 4.74 Å². The van der Waals surface area contributed by atoms with E-state index in [-0.39, 0.29) is 24.8 Å². The van der Waals surface area contributed by atoms with Gasteiger partial charge in [-0.1, -0.05) is 30.3 Å². The number of nitrogens with zero attached hydrogens (tertiary/aromatic N) is 2. The second-order valence-corrected chi connectivity index (χ2v) is 7.10. The molecule has 0 spiro atoms. The number of esters is 1. The molecule has 0 bridgehead atoms. The zero-order valence-corrected chi connectivity index (χ0v) is 16.6. The summed E-state index contributed by atoms with van der Waals surface area (Å²) in [4.78, 5) is 27.3. The van der Waals surface area contributed by atoms with Gasteiger partial charge in [-0.3, -0.25) is 4.79 Å². The number of fused-ring (bicyclic) bond motifs is 1. The molecule has 1 amide bonds. The van der Waals surface area contributed by atoms with Gasteiger partial charge in [0, 0.05) is 17.4 Å². The van der Waals surface area contributed by atoms with Crippen molar-refractivity contribution in [2.45, 2.75) is 25.7 Å². The van der Waals surface area contributed by atoms with E-state index in [9.17, 15) is 22.8 Å². The molecule has 5 nitrogen and oxygen atoms in total. The number of para-hydroxylation sites is 1. The summed E-state index contributed by atoms with van der Waals surface area (Å²) in [6.45, 7) is 2.02. The number of hydrogen-bond acceptors (Lipinski definition) is 3. The maximum Gasteiger partial charge on any atom is 0.416 e. The summed E-state index contributed by atoms with van der Waals surface area (Å²) in [6.07, 6.45) is -2.77. The summed E-state index contributed by atoms with van der Waals surface area (Å²) in [7, 11) is 0. The highest BCUT2D eigenvalue weighted by Gasteiger charge is 2.39. The number of ether oxygens (including phenoxy) is 1. The minimum absolute atomic E-state index is 0.112. The molecule has 1 atom stereocenters. The van der Waals surface area contributed by atoms with Crippen molar-refractivity contribution in [3.05, 3.63) is 89.2 Å². The monoisotopic (exact) mass is 428 g/mol. The number of hydrogen-bond donors (Lipinski definition) is 0. The first-order valence-electron chi connectivity index (χ1n) is 9.71. The zero-order valence-electron chi connectivity index (χ0n) is 16.6. The molecular weight excluding hydrogens is 409 g/mol. The quantitative estimate of drug-likeness (QED) is 0.548. The van der Waals surface area contributed by atoms with Crippen molar-refractivity contribution < 1.29 is 27.5 Å². The fraction of sp³-hybridized carbons (Fsp3) is 0.217. The molecule has 0 saturated heterocycles. The average molecular weight is 428 g/mol. The Hall–Kier alpha value is -3.55. The fourth-order valence-electron chi connectivity index (χ4n) is 3.77. The number of benzene rings is 2. The lowest BCUT2D eigenvalue weighted by atomic mass is 10.1. The molecule has 2 heterocycles. The van der Waals surface area contributed by atoms with Gasteiger partial charge in [0.05, 0.1) is 18.7 Å². The number of anilines is 1. The summed E-state index contributed by atoms with van der Waals surface area (Å²) in [5, 5.41) is 0. The third-order valence-electron chi connectivity index (χ3n) is 5.19. The van der Waals surface area contributed by atoms with E-state index in [1.54, 1.807) is 54.1 Å². The van der Waals surface area contributed by atoms with Crippen LogP contribution in [0.15, 0.2) is 66.9 Å². The fourth-order valence-corrected chi connectivity index (χ4v) is 3.77. The topological polar surface area (TPSA) is 51.5 Å². The molecule has 2 aromatic carbocycles. The molecule has 8 heteroatoms. The van der Waals surface area contributed by atoms with E-state index >= 15 is 0 Å². The Morgan fingerprint density at radius 1 is 1.03 bits per heavy atom. The molecule has 0 radical (unpaired) electrons. The SMILES string of the molecule is CCOC(=O)c1cccn1C1C(=O)N(Cc2ccc(C(F)(F)F)cc2)c2ccccc21. The van der Waals surface area contributed by atoms with Crippen molar-refractivity contribution in [1.29, 1.82) is 0 Å². The van der Waals surface area contributed by atoms with Gasteiger partial charge in [-0.15, -0.1) is 0 Å². The molecule has 1 aliphatic heterocycles. The summed E-state index contributed by atoms with van der Waals surface area (Å²) < 4.78 is 45.2. The van der Waals surface area contributed by atoms with Crippen LogP contribution < -0.4 is 4.90 Å². The van der Waals surface area contributed by atoms with E-state index in [1.165, 1.54) is 17.0 Å². The number of halogens is 3. The van der Waals surface area contributed by atoms with Crippen molar-refractivity contribution in [2.24, 2.45) is 0 Å². The van der Waals surface area contributed by atoms with E-state index in [1.807, 2.05) is 0 Å². The number of carbonyl (C=O) groups is 2. The average Bonchev–Trinajstić information content (AvgIpc) is 3.31. The van der Waals surface area contributed by atoms with E-state index in [0.717, 1.165) is 12.1 Å². The largest absolute Gasteiger partial charge is 0.461 e. The van der Waals surface area contributed by atoms with Gasteiger partial charge in [-0.05, 0) is 42.8 Å². The van der Waals surface area contributed by atoms with Crippen LogP contribution in [0.4, 0.5) is 18.9 Å². The summed E-state index contributed by atoms with van der Waals surface area (Å²) in [5.74, 6) is -0.804. The molecule has 0 fully saturated rings. The van der Waals surface area contributed by atoms with Gasteiger partial charge >= 0.3 is 12.1 Å². The van der Waals surface area contributed by atoms with Crippen molar-refractivity contribution in [1.82, 2.24) is 4.57 Å². The standard InChI is InChI=1S/C23H19F3N2O3/c1-2-31-22(30)19-8-5-13-27(19)20-17-6-3-4-7-18(17)28(21(20)29)14-15-9-11-16(12-10-15)23(24,25)26/h3-13,20H,2,14H2,1H3. The first kappa shape index (κ1) is 20.7.